The van der Waals surface area contributed by atoms with Crippen molar-refractivity contribution in [2.24, 2.45) is 5.92 Å². The molecule has 0 atom stereocenters. The van der Waals surface area contributed by atoms with Gasteiger partial charge in [0.2, 0.25) is 10.0 Å². The summed E-state index contributed by atoms with van der Waals surface area (Å²) in [7, 11) is -3.21. The maximum absolute atomic E-state index is 12.5. The van der Waals surface area contributed by atoms with E-state index in [0.717, 1.165) is 0 Å². The van der Waals surface area contributed by atoms with Crippen molar-refractivity contribution in [2.45, 2.75) is 38.3 Å². The first-order valence-corrected chi connectivity index (χ1v) is 12.4. The Kier molecular flexibility index (Phi) is 7.67. The van der Waals surface area contributed by atoms with Crippen LogP contribution in [0.15, 0.2) is 24.3 Å². The molecule has 0 saturated carbocycles. The molecule has 11 nitrogen and oxygen atoms in total. The number of para-hydroxylation sites is 1. The topological polar surface area (TPSA) is 139 Å². The Bertz CT molecular complexity index is 952. The van der Waals surface area contributed by atoms with Gasteiger partial charge in [-0.05, 0) is 31.7 Å². The number of nitro groups is 1. The molecule has 176 valence electrons. The molecule has 0 unspecified atom stereocenters. The van der Waals surface area contributed by atoms with Crippen LogP contribution in [0.2, 0.25) is 0 Å². The number of carbonyl (C=O) groups is 2. The second-order valence-electron chi connectivity index (χ2n) is 8.14. The molecule has 0 aromatic heterocycles. The fourth-order valence-corrected chi connectivity index (χ4v) is 4.87. The summed E-state index contributed by atoms with van der Waals surface area (Å²) in [5, 5.41) is 14.0. The van der Waals surface area contributed by atoms with Crippen molar-refractivity contribution >= 4 is 27.7 Å². The van der Waals surface area contributed by atoms with Crippen LogP contribution in [0.4, 0.5) is 10.5 Å². The summed E-state index contributed by atoms with van der Waals surface area (Å²) in [6.45, 7) is 1.41. The van der Waals surface area contributed by atoms with E-state index in [1.54, 1.807) is 23.1 Å². The smallest absolute Gasteiger partial charge is 0.317 e. The van der Waals surface area contributed by atoms with Gasteiger partial charge in [0, 0.05) is 38.3 Å². The van der Waals surface area contributed by atoms with E-state index >= 15 is 0 Å². The summed E-state index contributed by atoms with van der Waals surface area (Å²) in [4.78, 5) is 37.1. The molecule has 3 rings (SSSR count). The molecule has 1 aromatic carbocycles. The van der Waals surface area contributed by atoms with Crippen molar-refractivity contribution in [3.8, 4) is 0 Å². The lowest BCUT2D eigenvalue weighted by Gasteiger charge is -2.34. The molecule has 0 spiro atoms. The lowest BCUT2D eigenvalue weighted by atomic mass is 9.97. The van der Waals surface area contributed by atoms with Crippen LogP contribution in [0.1, 0.15) is 31.2 Å². The zero-order valence-electron chi connectivity index (χ0n) is 17.9. The van der Waals surface area contributed by atoms with Crippen LogP contribution in [-0.4, -0.2) is 73.0 Å². The summed E-state index contributed by atoms with van der Waals surface area (Å²) >= 11 is 0. The molecule has 1 aromatic rings. The number of piperidine rings is 2. The lowest BCUT2D eigenvalue weighted by Crippen LogP contribution is -2.51. The molecule has 12 heteroatoms. The zero-order chi connectivity index (χ0) is 23.3. The van der Waals surface area contributed by atoms with E-state index in [1.165, 1.54) is 16.6 Å². The molecule has 2 heterocycles. The summed E-state index contributed by atoms with van der Waals surface area (Å²) in [5.74, 6) is -0.781. The molecule has 32 heavy (non-hydrogen) atoms. The van der Waals surface area contributed by atoms with Crippen molar-refractivity contribution in [3.63, 3.8) is 0 Å². The minimum Gasteiger partial charge on any atom is -0.460 e. The van der Waals surface area contributed by atoms with Gasteiger partial charge in [-0.2, -0.15) is 0 Å². The Morgan fingerprint density at radius 2 is 1.75 bits per heavy atom. The highest BCUT2D eigenvalue weighted by Gasteiger charge is 2.31. The van der Waals surface area contributed by atoms with Gasteiger partial charge in [0.25, 0.3) is 5.69 Å². The predicted octanol–water partition coefficient (Wildman–Crippen LogP) is 1.48. The molecule has 0 bridgehead atoms. The maximum atomic E-state index is 12.5. The Morgan fingerprint density at radius 1 is 1.12 bits per heavy atom. The highest BCUT2D eigenvalue weighted by molar-refractivity contribution is 7.88. The Hall–Kier alpha value is -2.73. The van der Waals surface area contributed by atoms with Gasteiger partial charge in [-0.3, -0.25) is 14.9 Å². The minimum absolute atomic E-state index is 0.0788. The molecule has 2 aliphatic heterocycles. The van der Waals surface area contributed by atoms with E-state index in [2.05, 4.69) is 5.32 Å². The summed E-state index contributed by atoms with van der Waals surface area (Å²) in [6, 6.07) is 5.83. The highest BCUT2D eigenvalue weighted by atomic mass is 32.2. The number of hydrogen-bond acceptors (Lipinski definition) is 7. The molecule has 2 saturated heterocycles. The lowest BCUT2D eigenvalue weighted by molar-refractivity contribution is -0.385. The van der Waals surface area contributed by atoms with Gasteiger partial charge in [-0.15, -0.1) is 0 Å². The average Bonchev–Trinajstić information content (AvgIpc) is 2.77. The number of sulfonamides is 1. The van der Waals surface area contributed by atoms with Gasteiger partial charge in [0.1, 0.15) is 6.61 Å². The van der Waals surface area contributed by atoms with Gasteiger partial charge >= 0.3 is 12.0 Å². The van der Waals surface area contributed by atoms with Crippen LogP contribution in [0.25, 0.3) is 0 Å². The molecule has 0 radical (unpaired) electrons. The monoisotopic (exact) mass is 468 g/mol. The average molecular weight is 469 g/mol. The molecule has 1 N–H and O–H groups in total. The van der Waals surface area contributed by atoms with Crippen molar-refractivity contribution in [3.05, 3.63) is 39.9 Å². The Balaban J connectivity index is 1.41. The number of likely N-dealkylation sites (tertiary alicyclic amines) is 1. The molecule has 2 amide bonds. The number of nitrogens with zero attached hydrogens (tertiary/aromatic N) is 3. The first-order valence-electron chi connectivity index (χ1n) is 10.5. The summed E-state index contributed by atoms with van der Waals surface area (Å²) in [6.07, 6.45) is 3.22. The fourth-order valence-electron chi connectivity index (χ4n) is 3.99. The van der Waals surface area contributed by atoms with Gasteiger partial charge in [-0.25, -0.2) is 17.5 Å². The Labute approximate surface area is 186 Å². The number of esters is 1. The van der Waals surface area contributed by atoms with E-state index in [0.29, 0.717) is 57.4 Å². The normalized spacial score (nSPS) is 18.8. The second kappa shape index (κ2) is 10.3. The number of carbonyl (C=O) groups excluding carboxylic acids is 2. The van der Waals surface area contributed by atoms with Gasteiger partial charge in [0.15, 0.2) is 0 Å². The quantitative estimate of drug-likeness (QED) is 0.379. The van der Waals surface area contributed by atoms with Crippen LogP contribution >= 0.6 is 0 Å². The van der Waals surface area contributed by atoms with E-state index < -0.39 is 20.9 Å². The van der Waals surface area contributed by atoms with Gasteiger partial charge < -0.3 is 15.0 Å². The van der Waals surface area contributed by atoms with Crippen LogP contribution in [0, 0.1) is 16.0 Å². The SMILES string of the molecule is CS(=O)(=O)N1CCC(NC(=O)N2CCC(C(=O)OCc3ccccc3[N+](=O)[O-])CC2)CC1. The molecular formula is C20H28N4O7S. The predicted molar refractivity (Wildman–Crippen MR) is 115 cm³/mol. The van der Waals surface area contributed by atoms with Crippen LogP contribution < -0.4 is 5.32 Å². The highest BCUT2D eigenvalue weighted by Crippen LogP contribution is 2.22. The van der Waals surface area contributed by atoms with Crippen LogP contribution in [0.5, 0.6) is 0 Å². The first-order chi connectivity index (χ1) is 15.1. The van der Waals surface area contributed by atoms with Crippen molar-refractivity contribution in [1.82, 2.24) is 14.5 Å². The number of nitrogens with one attached hydrogen (secondary N) is 1. The van der Waals surface area contributed by atoms with E-state index in [9.17, 15) is 28.1 Å². The van der Waals surface area contributed by atoms with Crippen LogP contribution in [0.3, 0.4) is 0 Å². The number of nitro benzene ring substituents is 1. The summed E-state index contributed by atoms with van der Waals surface area (Å²) in [5.41, 5.74) is 0.249. The number of ether oxygens (including phenoxy) is 1. The Morgan fingerprint density at radius 3 is 2.34 bits per heavy atom. The zero-order valence-corrected chi connectivity index (χ0v) is 18.8. The molecular weight excluding hydrogens is 440 g/mol. The van der Waals surface area contributed by atoms with Gasteiger partial charge in [0.05, 0.1) is 22.7 Å². The van der Waals surface area contributed by atoms with Crippen molar-refractivity contribution < 1.29 is 27.7 Å². The van der Waals surface area contributed by atoms with E-state index in [4.69, 9.17) is 4.74 Å². The third-order valence-electron chi connectivity index (χ3n) is 5.92. The molecule has 2 fully saturated rings. The third kappa shape index (κ3) is 6.16. The molecule has 0 aliphatic carbocycles. The fraction of sp³-hybridized carbons (Fsp3) is 0.600. The van der Waals surface area contributed by atoms with Crippen molar-refractivity contribution in [2.75, 3.05) is 32.4 Å². The van der Waals surface area contributed by atoms with E-state index in [1.807, 2.05) is 0 Å². The largest absolute Gasteiger partial charge is 0.460 e. The number of rotatable bonds is 6. The van der Waals surface area contributed by atoms with Gasteiger partial charge in [-0.1, -0.05) is 12.1 Å². The minimum atomic E-state index is -3.21. The maximum Gasteiger partial charge on any atom is 0.317 e. The first kappa shape index (κ1) is 23.9. The number of benzene rings is 1. The number of urea groups is 1. The van der Waals surface area contributed by atoms with Crippen LogP contribution in [-0.2, 0) is 26.2 Å². The van der Waals surface area contributed by atoms with E-state index in [-0.39, 0.29) is 30.3 Å². The number of amides is 2. The molecule has 2 aliphatic rings. The van der Waals surface area contributed by atoms with Crippen molar-refractivity contribution in [1.29, 1.82) is 0 Å². The standard InChI is InChI=1S/C20H28N4O7S/c1-32(29,30)23-12-8-17(9-13-23)21-20(26)22-10-6-15(7-11-22)19(25)31-14-16-4-2-3-5-18(16)24(27)28/h2-5,15,17H,6-14H2,1H3,(H,21,26). The number of hydrogen-bond donors (Lipinski definition) is 1. The second-order valence-corrected chi connectivity index (χ2v) is 10.1. The third-order valence-corrected chi connectivity index (χ3v) is 7.23. The summed E-state index contributed by atoms with van der Waals surface area (Å²) < 4.78 is 29.9.